The molecule has 3 unspecified atom stereocenters. The third kappa shape index (κ3) is 6.98. The van der Waals surface area contributed by atoms with Gasteiger partial charge >= 0.3 is 23.8 Å². The summed E-state index contributed by atoms with van der Waals surface area (Å²) >= 11 is 0. The van der Waals surface area contributed by atoms with Crippen molar-refractivity contribution in [2.75, 3.05) is 35.5 Å². The molecule has 7 nitrogen and oxygen atoms in total. The number of methoxy groups -OCH3 is 1. The number of hydrogen-bond acceptors (Lipinski definition) is 7. The largest absolute Gasteiger partial charge is 0.459 e. The summed E-state index contributed by atoms with van der Waals surface area (Å²) in [6.45, 7) is 11.5. The average molecular weight is 465 g/mol. The summed E-state index contributed by atoms with van der Waals surface area (Å²) in [7, 11) is 4.77. The van der Waals surface area contributed by atoms with Crippen LogP contribution in [0.25, 0.3) is 0 Å². The molecule has 0 amide bonds. The standard InChI is InChI=1S/C18H34O5Si.C3H10O2Si/c1-8-12-18(20-5)15(11-10-13-24(18,21-6)22-7)16(9-2)23-17(19)14(3)4;1-4-6(3)5-2/h15-16H,3,8-13H2,1-2,4-7H3;6H,1-3H3. The minimum atomic E-state index is -2.59. The number of esters is 1. The van der Waals surface area contributed by atoms with Crippen LogP contribution < -0.4 is 0 Å². The van der Waals surface area contributed by atoms with E-state index in [-0.39, 0.29) is 18.0 Å². The second kappa shape index (κ2) is 14.5. The third-order valence-corrected chi connectivity index (χ3v) is 11.8. The van der Waals surface area contributed by atoms with Crippen molar-refractivity contribution >= 4 is 23.8 Å². The van der Waals surface area contributed by atoms with Crippen LogP contribution in [0, 0.1) is 5.92 Å². The van der Waals surface area contributed by atoms with E-state index in [9.17, 15) is 4.79 Å². The SMILES string of the molecule is C=C(C)C(=O)OC(CC)C1CCC[Si](OC)(OC)C1(CCC)OC.CO[SiH](C)OC. The van der Waals surface area contributed by atoms with Crippen molar-refractivity contribution in [3.63, 3.8) is 0 Å². The summed E-state index contributed by atoms with van der Waals surface area (Å²) in [5.41, 5.74) is 0.421. The Kier molecular flexibility index (Phi) is 14.2. The van der Waals surface area contributed by atoms with Crippen LogP contribution in [-0.2, 0) is 32.0 Å². The van der Waals surface area contributed by atoms with Crippen molar-refractivity contribution in [2.45, 2.75) is 76.8 Å². The highest BCUT2D eigenvalue weighted by Gasteiger charge is 2.64. The number of carbonyl (C=O) groups is 1. The molecule has 30 heavy (non-hydrogen) atoms. The molecule has 1 saturated heterocycles. The zero-order valence-corrected chi connectivity index (χ0v) is 22.7. The van der Waals surface area contributed by atoms with E-state index in [4.69, 9.17) is 27.2 Å². The molecule has 0 aromatic heterocycles. The van der Waals surface area contributed by atoms with Gasteiger partial charge in [-0.3, -0.25) is 0 Å². The lowest BCUT2D eigenvalue weighted by molar-refractivity contribution is -0.156. The van der Waals surface area contributed by atoms with E-state index < -0.39 is 23.1 Å². The topological polar surface area (TPSA) is 72.5 Å². The number of carbonyl (C=O) groups excluding carboxylic acids is 1. The van der Waals surface area contributed by atoms with E-state index in [1.165, 1.54) is 0 Å². The first-order valence-corrected chi connectivity index (χ1v) is 14.9. The van der Waals surface area contributed by atoms with Gasteiger partial charge in [-0.1, -0.05) is 33.3 Å². The summed E-state index contributed by atoms with van der Waals surface area (Å²) in [6, 6.07) is 0.898. The summed E-state index contributed by atoms with van der Waals surface area (Å²) < 4.78 is 33.6. The summed E-state index contributed by atoms with van der Waals surface area (Å²) in [5, 5.41) is -0.514. The maximum atomic E-state index is 12.1. The van der Waals surface area contributed by atoms with Crippen molar-refractivity contribution < 1.29 is 32.0 Å². The van der Waals surface area contributed by atoms with E-state index in [1.807, 2.05) is 13.5 Å². The van der Waals surface area contributed by atoms with E-state index in [2.05, 4.69) is 13.5 Å². The molecule has 0 aliphatic carbocycles. The maximum absolute atomic E-state index is 12.1. The molecule has 0 spiro atoms. The molecule has 0 saturated carbocycles. The van der Waals surface area contributed by atoms with Gasteiger partial charge in [0, 0.05) is 47.0 Å². The Balaban J connectivity index is 0.00000122. The molecule has 1 aliphatic heterocycles. The van der Waals surface area contributed by atoms with Gasteiger partial charge in [-0.2, -0.15) is 0 Å². The molecule has 0 radical (unpaired) electrons. The van der Waals surface area contributed by atoms with Gasteiger partial charge in [-0.25, -0.2) is 4.79 Å². The highest BCUT2D eigenvalue weighted by molar-refractivity contribution is 6.70. The fraction of sp³-hybridized carbons (Fsp3) is 0.857. The Bertz CT molecular complexity index is 510. The number of hydrogen-bond donors (Lipinski definition) is 0. The van der Waals surface area contributed by atoms with Gasteiger partial charge < -0.3 is 27.2 Å². The van der Waals surface area contributed by atoms with Gasteiger partial charge in [0.05, 0.1) is 0 Å². The lowest BCUT2D eigenvalue weighted by Crippen LogP contribution is -2.70. The third-order valence-electron chi connectivity index (χ3n) is 6.03. The van der Waals surface area contributed by atoms with Crippen LogP contribution in [-0.4, -0.2) is 70.7 Å². The van der Waals surface area contributed by atoms with E-state index in [0.29, 0.717) is 5.57 Å². The van der Waals surface area contributed by atoms with Crippen LogP contribution in [0.2, 0.25) is 12.6 Å². The van der Waals surface area contributed by atoms with Crippen molar-refractivity contribution in [3.8, 4) is 0 Å². The van der Waals surface area contributed by atoms with Crippen molar-refractivity contribution in [3.05, 3.63) is 12.2 Å². The molecule has 0 bridgehead atoms. The molecule has 9 heteroatoms. The predicted octanol–water partition coefficient (Wildman–Crippen LogP) is 3.88. The fourth-order valence-corrected chi connectivity index (χ4v) is 8.73. The monoisotopic (exact) mass is 464 g/mol. The second-order valence-corrected chi connectivity index (χ2v) is 13.4. The van der Waals surface area contributed by atoms with Gasteiger partial charge in [0.1, 0.15) is 11.3 Å². The first-order chi connectivity index (χ1) is 14.2. The Morgan fingerprint density at radius 1 is 1.17 bits per heavy atom. The van der Waals surface area contributed by atoms with Crippen LogP contribution in [0.4, 0.5) is 0 Å². The van der Waals surface area contributed by atoms with E-state index in [0.717, 1.165) is 38.1 Å². The number of ether oxygens (including phenoxy) is 2. The van der Waals surface area contributed by atoms with Crippen molar-refractivity contribution in [1.82, 2.24) is 0 Å². The zero-order valence-electron chi connectivity index (χ0n) is 20.5. The zero-order chi connectivity index (χ0) is 23.4. The Morgan fingerprint density at radius 3 is 2.07 bits per heavy atom. The van der Waals surface area contributed by atoms with Crippen molar-refractivity contribution in [1.29, 1.82) is 0 Å². The molecule has 1 aliphatic rings. The molecule has 0 aromatic rings. The molecular formula is C21H44O7Si2. The van der Waals surface area contributed by atoms with Crippen LogP contribution >= 0.6 is 0 Å². The summed E-state index contributed by atoms with van der Waals surface area (Å²) in [6.07, 6.45) is 4.24. The smallest absolute Gasteiger partial charge is 0.371 e. The lowest BCUT2D eigenvalue weighted by Gasteiger charge is -2.53. The fourth-order valence-electron chi connectivity index (χ4n) is 4.34. The Morgan fingerprint density at radius 2 is 1.73 bits per heavy atom. The van der Waals surface area contributed by atoms with Gasteiger partial charge in [0.25, 0.3) is 0 Å². The van der Waals surface area contributed by atoms with Crippen LogP contribution in [0.5, 0.6) is 0 Å². The van der Waals surface area contributed by atoms with Crippen LogP contribution in [0.3, 0.4) is 0 Å². The molecular weight excluding hydrogens is 420 g/mol. The molecule has 0 N–H and O–H groups in total. The van der Waals surface area contributed by atoms with E-state index in [1.54, 1.807) is 42.5 Å². The Labute approximate surface area is 186 Å². The molecule has 1 fully saturated rings. The summed E-state index contributed by atoms with van der Waals surface area (Å²) in [4.78, 5) is 12.1. The highest BCUT2D eigenvalue weighted by atomic mass is 28.4. The molecule has 178 valence electrons. The maximum Gasteiger partial charge on any atom is 0.371 e. The average Bonchev–Trinajstić information content (AvgIpc) is 2.77. The molecule has 3 atom stereocenters. The van der Waals surface area contributed by atoms with Crippen LogP contribution in [0.15, 0.2) is 12.2 Å². The van der Waals surface area contributed by atoms with Gasteiger partial charge in [-0.15, -0.1) is 0 Å². The first-order valence-electron chi connectivity index (χ1n) is 10.8. The summed E-state index contributed by atoms with van der Waals surface area (Å²) in [5.74, 6) is -0.271. The Hall–Kier alpha value is -0.556. The van der Waals surface area contributed by atoms with Gasteiger partial charge in [0.15, 0.2) is 0 Å². The van der Waals surface area contributed by atoms with E-state index >= 15 is 0 Å². The minimum Gasteiger partial charge on any atom is -0.459 e. The highest BCUT2D eigenvalue weighted by Crippen LogP contribution is 2.48. The minimum absolute atomic E-state index is 0.0658. The van der Waals surface area contributed by atoms with Crippen LogP contribution in [0.1, 0.15) is 52.9 Å². The second-order valence-electron chi connectivity index (χ2n) is 7.67. The normalized spacial score (nSPS) is 24.0. The van der Waals surface area contributed by atoms with Crippen molar-refractivity contribution in [2.24, 2.45) is 5.92 Å². The van der Waals surface area contributed by atoms with Gasteiger partial charge in [-0.05, 0) is 38.8 Å². The number of rotatable bonds is 11. The molecule has 0 aromatic carbocycles. The van der Waals surface area contributed by atoms with Gasteiger partial charge in [0.2, 0.25) is 0 Å². The lowest BCUT2D eigenvalue weighted by atomic mass is 9.85. The predicted molar refractivity (Wildman–Crippen MR) is 124 cm³/mol. The molecule has 1 heterocycles. The first kappa shape index (κ1) is 29.4. The quantitative estimate of drug-likeness (QED) is 0.261. The molecule has 1 rings (SSSR count).